The van der Waals surface area contributed by atoms with Gasteiger partial charge in [0.25, 0.3) is 0 Å². The molecule has 0 aliphatic rings. The lowest BCUT2D eigenvalue weighted by molar-refractivity contribution is 0.249. The van der Waals surface area contributed by atoms with E-state index in [1.165, 1.54) is 6.33 Å². The molecule has 2 aromatic rings. The van der Waals surface area contributed by atoms with E-state index in [1.807, 2.05) is 37.3 Å². The number of ether oxygens (including phenoxy) is 1. The number of nitrogen functional groups attached to an aromatic ring is 1. The van der Waals surface area contributed by atoms with Crippen molar-refractivity contribution in [3.63, 3.8) is 0 Å². The van der Waals surface area contributed by atoms with E-state index in [0.29, 0.717) is 5.95 Å². The van der Waals surface area contributed by atoms with Crippen molar-refractivity contribution in [2.45, 2.75) is 13.2 Å². The SMILES string of the molecule is CC(Nc1ncnc(N)n1)Oc1ccccc1. The molecule has 6 nitrogen and oxygen atoms in total. The van der Waals surface area contributed by atoms with Crippen molar-refractivity contribution in [2.75, 3.05) is 11.1 Å². The number of anilines is 2. The van der Waals surface area contributed by atoms with Crippen LogP contribution in [0.1, 0.15) is 6.92 Å². The lowest BCUT2D eigenvalue weighted by Crippen LogP contribution is -2.23. The molecule has 1 atom stereocenters. The first-order valence-electron chi connectivity index (χ1n) is 5.17. The largest absolute Gasteiger partial charge is 0.471 e. The fourth-order valence-electron chi connectivity index (χ4n) is 1.29. The topological polar surface area (TPSA) is 86.0 Å². The predicted molar refractivity (Wildman–Crippen MR) is 64.4 cm³/mol. The molecule has 6 heteroatoms. The van der Waals surface area contributed by atoms with Crippen LogP contribution < -0.4 is 15.8 Å². The van der Waals surface area contributed by atoms with Gasteiger partial charge in [0.2, 0.25) is 11.9 Å². The molecule has 0 bridgehead atoms. The van der Waals surface area contributed by atoms with Crippen molar-refractivity contribution < 1.29 is 4.74 Å². The average molecular weight is 231 g/mol. The Hall–Kier alpha value is -2.37. The molecule has 1 heterocycles. The van der Waals surface area contributed by atoms with Crippen LogP contribution >= 0.6 is 0 Å². The van der Waals surface area contributed by atoms with Gasteiger partial charge in [0, 0.05) is 0 Å². The molecule has 88 valence electrons. The van der Waals surface area contributed by atoms with E-state index in [0.717, 1.165) is 5.75 Å². The molecular weight excluding hydrogens is 218 g/mol. The van der Waals surface area contributed by atoms with E-state index in [4.69, 9.17) is 10.5 Å². The van der Waals surface area contributed by atoms with Crippen LogP contribution in [0.4, 0.5) is 11.9 Å². The van der Waals surface area contributed by atoms with Crippen LogP contribution in [0.15, 0.2) is 36.7 Å². The van der Waals surface area contributed by atoms with Crippen molar-refractivity contribution in [3.05, 3.63) is 36.7 Å². The Bertz CT molecular complexity index is 476. The zero-order valence-corrected chi connectivity index (χ0v) is 9.37. The summed E-state index contributed by atoms with van der Waals surface area (Å²) in [6, 6.07) is 9.49. The van der Waals surface area contributed by atoms with Gasteiger partial charge in [-0.25, -0.2) is 9.97 Å². The average Bonchev–Trinajstić information content (AvgIpc) is 2.30. The number of nitrogens with one attached hydrogen (secondary N) is 1. The molecular formula is C11H13N5O. The molecule has 0 fully saturated rings. The van der Waals surface area contributed by atoms with Crippen LogP contribution in [-0.4, -0.2) is 21.2 Å². The monoisotopic (exact) mass is 231 g/mol. The molecule has 1 unspecified atom stereocenters. The Balaban J connectivity index is 1.96. The van der Waals surface area contributed by atoms with E-state index < -0.39 is 0 Å². The summed E-state index contributed by atoms with van der Waals surface area (Å²) in [5, 5.41) is 2.97. The standard InChI is InChI=1S/C11H13N5O/c1-8(17-9-5-3-2-4-6-9)15-11-14-7-13-10(12)16-11/h2-8H,1H3,(H3,12,13,14,15,16). The lowest BCUT2D eigenvalue weighted by atomic mass is 10.3. The fraction of sp³-hybridized carbons (Fsp3) is 0.182. The fourth-order valence-corrected chi connectivity index (χ4v) is 1.29. The van der Waals surface area contributed by atoms with Crippen molar-refractivity contribution in [1.82, 2.24) is 15.0 Å². The molecule has 0 saturated heterocycles. The highest BCUT2D eigenvalue weighted by Crippen LogP contribution is 2.11. The van der Waals surface area contributed by atoms with Gasteiger partial charge >= 0.3 is 0 Å². The molecule has 2 rings (SSSR count). The van der Waals surface area contributed by atoms with Gasteiger partial charge in [-0.05, 0) is 19.1 Å². The van der Waals surface area contributed by atoms with Crippen LogP contribution in [0.5, 0.6) is 5.75 Å². The Morgan fingerprint density at radius 1 is 1.24 bits per heavy atom. The van der Waals surface area contributed by atoms with E-state index in [9.17, 15) is 0 Å². The predicted octanol–water partition coefficient (Wildman–Crippen LogP) is 1.29. The Morgan fingerprint density at radius 2 is 2.00 bits per heavy atom. The molecule has 17 heavy (non-hydrogen) atoms. The summed E-state index contributed by atoms with van der Waals surface area (Å²) in [5.74, 6) is 1.34. The highest BCUT2D eigenvalue weighted by molar-refractivity contribution is 5.30. The minimum Gasteiger partial charge on any atom is -0.471 e. The van der Waals surface area contributed by atoms with Crippen LogP contribution in [0.25, 0.3) is 0 Å². The third kappa shape index (κ3) is 3.30. The van der Waals surface area contributed by atoms with Gasteiger partial charge in [0.15, 0.2) is 6.23 Å². The number of hydrogen-bond acceptors (Lipinski definition) is 6. The number of para-hydroxylation sites is 1. The molecule has 0 spiro atoms. The first-order valence-corrected chi connectivity index (χ1v) is 5.17. The maximum atomic E-state index is 5.61. The zero-order valence-electron chi connectivity index (χ0n) is 9.37. The maximum absolute atomic E-state index is 5.61. The van der Waals surface area contributed by atoms with Crippen molar-refractivity contribution in [3.8, 4) is 5.75 Å². The highest BCUT2D eigenvalue weighted by atomic mass is 16.5. The third-order valence-corrected chi connectivity index (χ3v) is 1.98. The number of aromatic nitrogens is 3. The van der Waals surface area contributed by atoms with E-state index in [2.05, 4.69) is 20.3 Å². The highest BCUT2D eigenvalue weighted by Gasteiger charge is 2.05. The summed E-state index contributed by atoms with van der Waals surface area (Å²) >= 11 is 0. The molecule has 0 aliphatic carbocycles. The summed E-state index contributed by atoms with van der Waals surface area (Å²) < 4.78 is 5.61. The lowest BCUT2D eigenvalue weighted by Gasteiger charge is -2.15. The number of rotatable bonds is 4. The molecule has 1 aromatic carbocycles. The molecule has 0 aliphatic heterocycles. The second-order valence-electron chi connectivity index (χ2n) is 3.38. The first-order chi connectivity index (χ1) is 8.24. The normalized spacial score (nSPS) is 11.8. The molecule has 0 amide bonds. The Labute approximate surface area is 98.9 Å². The quantitative estimate of drug-likeness (QED) is 0.771. The maximum Gasteiger partial charge on any atom is 0.230 e. The van der Waals surface area contributed by atoms with E-state index >= 15 is 0 Å². The van der Waals surface area contributed by atoms with E-state index in [1.54, 1.807) is 0 Å². The van der Waals surface area contributed by atoms with Crippen molar-refractivity contribution in [1.29, 1.82) is 0 Å². The molecule has 1 aromatic heterocycles. The first kappa shape index (κ1) is 11.1. The minimum atomic E-state index is -0.265. The van der Waals surface area contributed by atoms with Crippen molar-refractivity contribution >= 4 is 11.9 Å². The van der Waals surface area contributed by atoms with Gasteiger partial charge < -0.3 is 15.8 Å². The third-order valence-electron chi connectivity index (χ3n) is 1.98. The summed E-state index contributed by atoms with van der Waals surface area (Å²) in [4.78, 5) is 11.6. The van der Waals surface area contributed by atoms with Crippen molar-refractivity contribution in [2.24, 2.45) is 0 Å². The Kier molecular flexibility index (Phi) is 3.34. The van der Waals surface area contributed by atoms with Crippen LogP contribution in [-0.2, 0) is 0 Å². The van der Waals surface area contributed by atoms with Gasteiger partial charge in [0.05, 0.1) is 0 Å². The molecule has 0 saturated carbocycles. The van der Waals surface area contributed by atoms with Gasteiger partial charge in [0.1, 0.15) is 12.1 Å². The molecule has 0 radical (unpaired) electrons. The van der Waals surface area contributed by atoms with Crippen LogP contribution in [0.2, 0.25) is 0 Å². The van der Waals surface area contributed by atoms with Gasteiger partial charge in [-0.3, -0.25) is 0 Å². The van der Waals surface area contributed by atoms with Crippen LogP contribution in [0.3, 0.4) is 0 Å². The number of nitrogens with two attached hydrogens (primary N) is 1. The zero-order chi connectivity index (χ0) is 12.1. The molecule has 3 N–H and O–H groups in total. The second-order valence-corrected chi connectivity index (χ2v) is 3.38. The number of nitrogens with zero attached hydrogens (tertiary/aromatic N) is 3. The second kappa shape index (κ2) is 5.11. The summed E-state index contributed by atoms with van der Waals surface area (Å²) in [6.45, 7) is 1.85. The summed E-state index contributed by atoms with van der Waals surface area (Å²) in [6.07, 6.45) is 1.08. The van der Waals surface area contributed by atoms with Gasteiger partial charge in [-0.15, -0.1) is 0 Å². The van der Waals surface area contributed by atoms with Crippen LogP contribution in [0, 0.1) is 0 Å². The summed E-state index contributed by atoms with van der Waals surface area (Å²) in [7, 11) is 0. The van der Waals surface area contributed by atoms with E-state index in [-0.39, 0.29) is 12.2 Å². The Morgan fingerprint density at radius 3 is 2.71 bits per heavy atom. The van der Waals surface area contributed by atoms with Gasteiger partial charge in [-0.1, -0.05) is 18.2 Å². The van der Waals surface area contributed by atoms with Gasteiger partial charge in [-0.2, -0.15) is 4.98 Å². The number of hydrogen-bond donors (Lipinski definition) is 2. The number of benzene rings is 1. The summed E-state index contributed by atoms with van der Waals surface area (Å²) in [5.41, 5.74) is 5.44. The smallest absolute Gasteiger partial charge is 0.230 e. The minimum absolute atomic E-state index is 0.175.